The quantitative estimate of drug-likeness (QED) is 0.412. The lowest BCUT2D eigenvalue weighted by Crippen LogP contribution is -2.12. The number of hydrogen-bond donors (Lipinski definition) is 1. The third-order valence-electron chi connectivity index (χ3n) is 1.22. The molecule has 0 saturated heterocycles. The molecule has 0 bridgehead atoms. The average Bonchev–Trinajstić information content (AvgIpc) is 2.30. The maximum Gasteiger partial charge on any atom is 0.349 e. The summed E-state index contributed by atoms with van der Waals surface area (Å²) in [4.78, 5) is 21.3. The van der Waals surface area contributed by atoms with Crippen molar-refractivity contribution in [2.75, 3.05) is 13.7 Å². The van der Waals surface area contributed by atoms with Crippen molar-refractivity contribution in [2.24, 2.45) is 0 Å². The van der Waals surface area contributed by atoms with Crippen LogP contribution in [0.25, 0.3) is 0 Å². The van der Waals surface area contributed by atoms with Gasteiger partial charge >= 0.3 is 11.9 Å². The molecule has 0 aliphatic carbocycles. The minimum absolute atomic E-state index is 0.247. The lowest BCUT2D eigenvalue weighted by Gasteiger charge is -1.94. The van der Waals surface area contributed by atoms with Crippen LogP contribution < -0.4 is 0 Å². The molecule has 1 N–H and O–H groups in total. The fraction of sp³-hybridized carbons (Fsp3) is 0.333. The van der Waals surface area contributed by atoms with Gasteiger partial charge in [0.05, 0.1) is 7.11 Å². The predicted octanol–water partition coefficient (Wildman–Crippen LogP) is -0.472. The zero-order valence-corrected chi connectivity index (χ0v) is 5.79. The Morgan fingerprint density at radius 2 is 2.36 bits per heavy atom. The minimum Gasteiger partial charge on any atom is -0.508 e. The van der Waals surface area contributed by atoms with Crippen LogP contribution in [0, 0.1) is 0 Å². The highest BCUT2D eigenvalue weighted by molar-refractivity contribution is 6.15. The third kappa shape index (κ3) is 1.17. The van der Waals surface area contributed by atoms with E-state index in [0.717, 1.165) is 7.11 Å². The van der Waals surface area contributed by atoms with Gasteiger partial charge in [-0.3, -0.25) is 0 Å². The number of ether oxygens (including phenoxy) is 2. The summed E-state index contributed by atoms with van der Waals surface area (Å²) in [6.07, 6.45) is 0. The van der Waals surface area contributed by atoms with E-state index in [0.29, 0.717) is 0 Å². The molecule has 0 saturated carbocycles. The molecule has 0 aromatic carbocycles. The number of esters is 2. The maximum atomic E-state index is 10.7. The second kappa shape index (κ2) is 2.61. The molecule has 0 radical (unpaired) electrons. The number of carbonyl (C=O) groups is 2. The summed E-state index contributed by atoms with van der Waals surface area (Å²) in [5.74, 6) is -2.08. The molecule has 0 unspecified atom stereocenters. The predicted molar refractivity (Wildman–Crippen MR) is 32.6 cm³/mol. The Kier molecular flexibility index (Phi) is 1.80. The summed E-state index contributed by atoms with van der Waals surface area (Å²) < 4.78 is 8.55. The van der Waals surface area contributed by atoms with Crippen molar-refractivity contribution in [1.82, 2.24) is 0 Å². The topological polar surface area (TPSA) is 72.8 Å². The van der Waals surface area contributed by atoms with E-state index in [-0.39, 0.29) is 12.4 Å². The maximum absolute atomic E-state index is 10.7. The van der Waals surface area contributed by atoms with E-state index in [1.165, 1.54) is 0 Å². The zero-order valence-electron chi connectivity index (χ0n) is 5.79. The summed E-state index contributed by atoms with van der Waals surface area (Å²) in [6.45, 7) is -0.247. The van der Waals surface area contributed by atoms with Crippen LogP contribution in [0.5, 0.6) is 0 Å². The number of cyclic esters (lactones) is 1. The smallest absolute Gasteiger partial charge is 0.349 e. The van der Waals surface area contributed by atoms with Crippen LogP contribution in [0.3, 0.4) is 0 Å². The van der Waals surface area contributed by atoms with Crippen molar-refractivity contribution < 1.29 is 24.2 Å². The lowest BCUT2D eigenvalue weighted by atomic mass is 10.2. The van der Waals surface area contributed by atoms with Gasteiger partial charge in [0.15, 0.2) is 11.3 Å². The van der Waals surface area contributed by atoms with Gasteiger partial charge in [-0.2, -0.15) is 0 Å². The van der Waals surface area contributed by atoms with Gasteiger partial charge in [0.25, 0.3) is 0 Å². The highest BCUT2D eigenvalue weighted by atomic mass is 16.6. The molecule has 11 heavy (non-hydrogen) atoms. The first kappa shape index (κ1) is 7.59. The Labute approximate surface area is 62.2 Å². The van der Waals surface area contributed by atoms with Gasteiger partial charge in [-0.1, -0.05) is 0 Å². The molecular weight excluding hydrogens is 152 g/mol. The molecule has 0 aromatic heterocycles. The number of aliphatic hydroxyl groups excluding tert-OH is 1. The van der Waals surface area contributed by atoms with Crippen LogP contribution in [-0.4, -0.2) is 30.8 Å². The Morgan fingerprint density at radius 3 is 2.73 bits per heavy atom. The number of aliphatic hydroxyl groups is 1. The summed E-state index contributed by atoms with van der Waals surface area (Å²) in [6, 6.07) is 0. The SMILES string of the molecule is COC(=O)C1=C(O)COC1=O. The van der Waals surface area contributed by atoms with Crippen LogP contribution in [0.4, 0.5) is 0 Å². The minimum atomic E-state index is -0.870. The van der Waals surface area contributed by atoms with Gasteiger partial charge in [-0.25, -0.2) is 9.59 Å². The summed E-state index contributed by atoms with van der Waals surface area (Å²) in [5, 5.41) is 8.89. The first-order valence-electron chi connectivity index (χ1n) is 2.84. The Hall–Kier alpha value is -1.52. The van der Waals surface area contributed by atoms with Crippen LogP contribution in [-0.2, 0) is 19.1 Å². The molecule has 60 valence electrons. The largest absolute Gasteiger partial charge is 0.508 e. The van der Waals surface area contributed by atoms with Crippen molar-refractivity contribution in [3.8, 4) is 0 Å². The molecule has 1 heterocycles. The molecule has 1 aliphatic rings. The molecule has 1 rings (SSSR count). The first-order valence-corrected chi connectivity index (χ1v) is 2.84. The van der Waals surface area contributed by atoms with E-state index in [9.17, 15) is 9.59 Å². The first-order chi connectivity index (χ1) is 5.16. The molecule has 5 heteroatoms. The van der Waals surface area contributed by atoms with Crippen molar-refractivity contribution >= 4 is 11.9 Å². The van der Waals surface area contributed by atoms with E-state index >= 15 is 0 Å². The second-order valence-electron chi connectivity index (χ2n) is 1.89. The average molecular weight is 158 g/mol. The molecule has 0 atom stereocenters. The highest BCUT2D eigenvalue weighted by Gasteiger charge is 2.31. The van der Waals surface area contributed by atoms with Crippen LogP contribution in [0.1, 0.15) is 0 Å². The Balaban J connectivity index is 2.92. The van der Waals surface area contributed by atoms with Crippen molar-refractivity contribution in [2.45, 2.75) is 0 Å². The van der Waals surface area contributed by atoms with E-state index in [2.05, 4.69) is 9.47 Å². The molecular formula is C6H6O5. The monoisotopic (exact) mass is 158 g/mol. The molecule has 0 amide bonds. The van der Waals surface area contributed by atoms with E-state index in [1.54, 1.807) is 0 Å². The van der Waals surface area contributed by atoms with Crippen molar-refractivity contribution in [1.29, 1.82) is 0 Å². The molecule has 0 spiro atoms. The standard InChI is InChI=1S/C6H6O5/c1-10-5(8)4-3(7)2-11-6(4)9/h7H,2H2,1H3. The fourth-order valence-corrected chi connectivity index (χ4v) is 0.699. The van der Waals surface area contributed by atoms with Gasteiger partial charge in [0.1, 0.15) is 6.61 Å². The second-order valence-corrected chi connectivity index (χ2v) is 1.89. The normalized spacial score (nSPS) is 16.6. The molecule has 5 nitrogen and oxygen atoms in total. The molecule has 1 aliphatic heterocycles. The number of carbonyl (C=O) groups excluding carboxylic acids is 2. The van der Waals surface area contributed by atoms with Crippen LogP contribution in [0.2, 0.25) is 0 Å². The lowest BCUT2D eigenvalue weighted by molar-refractivity contribution is -0.143. The number of hydrogen-bond acceptors (Lipinski definition) is 5. The Bertz CT molecular complexity index is 239. The van der Waals surface area contributed by atoms with Crippen molar-refractivity contribution in [3.63, 3.8) is 0 Å². The van der Waals surface area contributed by atoms with Crippen LogP contribution in [0.15, 0.2) is 11.3 Å². The number of methoxy groups -OCH3 is 1. The van der Waals surface area contributed by atoms with Gasteiger partial charge in [0.2, 0.25) is 0 Å². The van der Waals surface area contributed by atoms with Gasteiger partial charge in [-0.15, -0.1) is 0 Å². The van der Waals surface area contributed by atoms with Gasteiger partial charge in [-0.05, 0) is 0 Å². The molecule has 0 aromatic rings. The summed E-state index contributed by atoms with van der Waals surface area (Å²) >= 11 is 0. The van der Waals surface area contributed by atoms with E-state index < -0.39 is 17.5 Å². The van der Waals surface area contributed by atoms with Crippen LogP contribution >= 0.6 is 0 Å². The summed E-state index contributed by atoms with van der Waals surface area (Å²) in [5.41, 5.74) is -0.410. The molecule has 0 fully saturated rings. The number of rotatable bonds is 1. The van der Waals surface area contributed by atoms with Gasteiger partial charge < -0.3 is 14.6 Å². The summed E-state index contributed by atoms with van der Waals surface area (Å²) in [7, 11) is 1.12. The van der Waals surface area contributed by atoms with Gasteiger partial charge in [0, 0.05) is 0 Å². The third-order valence-corrected chi connectivity index (χ3v) is 1.22. The van der Waals surface area contributed by atoms with E-state index in [4.69, 9.17) is 5.11 Å². The van der Waals surface area contributed by atoms with Crippen molar-refractivity contribution in [3.05, 3.63) is 11.3 Å². The Morgan fingerprint density at radius 1 is 1.73 bits per heavy atom. The zero-order chi connectivity index (χ0) is 8.43. The fourth-order valence-electron chi connectivity index (χ4n) is 0.699. The van der Waals surface area contributed by atoms with E-state index in [1.807, 2.05) is 0 Å². The highest BCUT2D eigenvalue weighted by Crippen LogP contribution is 2.13.